The Labute approximate surface area is 143 Å². The third kappa shape index (κ3) is 6.50. The minimum atomic E-state index is -0.545. The lowest BCUT2D eigenvalue weighted by Crippen LogP contribution is -2.32. The minimum Gasteiger partial charge on any atom is -0.444 e. The number of carbonyl (C=O) groups is 1. The maximum absolute atomic E-state index is 11.5. The maximum Gasteiger partial charge on any atom is 0.408 e. The van der Waals surface area contributed by atoms with Crippen molar-refractivity contribution < 1.29 is 13.9 Å². The monoisotopic (exact) mass is 355 g/mol. The zero-order chi connectivity index (χ0) is 16.9. The van der Waals surface area contributed by atoms with Gasteiger partial charge in [-0.15, -0.1) is 10.2 Å². The Hall–Kier alpha value is -1.73. The van der Waals surface area contributed by atoms with Crippen LogP contribution in [0.25, 0.3) is 0 Å². The topological polar surface area (TPSA) is 77.2 Å². The molecule has 124 valence electrons. The van der Waals surface area contributed by atoms with Crippen LogP contribution < -0.4 is 5.32 Å². The van der Waals surface area contributed by atoms with Crippen LogP contribution in [0.15, 0.2) is 33.9 Å². The average Bonchev–Trinajstić information content (AvgIpc) is 2.89. The normalized spacial score (nSPS) is 11.3. The van der Waals surface area contributed by atoms with E-state index in [-0.39, 0.29) is 6.54 Å². The first kappa shape index (κ1) is 17.6. The first-order valence-electron chi connectivity index (χ1n) is 6.98. The molecule has 0 aliphatic heterocycles. The van der Waals surface area contributed by atoms with Crippen molar-refractivity contribution in [3.63, 3.8) is 0 Å². The molecule has 1 heterocycles. The summed E-state index contributed by atoms with van der Waals surface area (Å²) in [7, 11) is 0. The molecule has 6 nitrogen and oxygen atoms in total. The molecule has 0 fully saturated rings. The summed E-state index contributed by atoms with van der Waals surface area (Å²) < 4.78 is 10.6. The van der Waals surface area contributed by atoms with Crippen LogP contribution in [-0.2, 0) is 17.0 Å². The molecule has 0 radical (unpaired) electrons. The number of hydrogen-bond acceptors (Lipinski definition) is 6. The number of nitrogens with zero attached hydrogens (tertiary/aromatic N) is 2. The number of ether oxygens (including phenoxy) is 1. The van der Waals surface area contributed by atoms with Crippen molar-refractivity contribution in [2.75, 3.05) is 0 Å². The van der Waals surface area contributed by atoms with Crippen molar-refractivity contribution in [2.24, 2.45) is 0 Å². The number of thioether (sulfide) groups is 1. The van der Waals surface area contributed by atoms with E-state index in [1.807, 2.05) is 24.3 Å². The van der Waals surface area contributed by atoms with Crippen LogP contribution in [-0.4, -0.2) is 21.9 Å². The van der Waals surface area contributed by atoms with Crippen molar-refractivity contribution in [1.29, 1.82) is 0 Å². The summed E-state index contributed by atoms with van der Waals surface area (Å²) in [5, 5.41) is 11.5. The molecule has 0 atom stereocenters. The minimum absolute atomic E-state index is 0.125. The third-order valence-corrected chi connectivity index (χ3v) is 3.61. The molecule has 1 amide bonds. The largest absolute Gasteiger partial charge is 0.444 e. The van der Waals surface area contributed by atoms with Gasteiger partial charge in [0.25, 0.3) is 5.22 Å². The van der Waals surface area contributed by atoms with Gasteiger partial charge in [0.1, 0.15) is 5.60 Å². The summed E-state index contributed by atoms with van der Waals surface area (Å²) in [6.45, 7) is 5.51. The number of rotatable bonds is 5. The van der Waals surface area contributed by atoms with Crippen molar-refractivity contribution in [1.82, 2.24) is 15.5 Å². The molecule has 0 spiro atoms. The van der Waals surface area contributed by atoms with Gasteiger partial charge in [-0.25, -0.2) is 4.79 Å². The fourth-order valence-corrected chi connectivity index (χ4v) is 2.54. The molecular weight excluding hydrogens is 338 g/mol. The van der Waals surface area contributed by atoms with Crippen LogP contribution >= 0.6 is 23.4 Å². The van der Waals surface area contributed by atoms with Gasteiger partial charge in [-0.3, -0.25) is 0 Å². The van der Waals surface area contributed by atoms with E-state index in [4.69, 9.17) is 20.8 Å². The molecule has 23 heavy (non-hydrogen) atoms. The Balaban J connectivity index is 1.80. The van der Waals surface area contributed by atoms with E-state index in [2.05, 4.69) is 15.5 Å². The second-order valence-corrected chi connectivity index (χ2v) is 7.10. The van der Waals surface area contributed by atoms with E-state index < -0.39 is 11.7 Å². The lowest BCUT2D eigenvalue weighted by molar-refractivity contribution is 0.0518. The third-order valence-electron chi connectivity index (χ3n) is 2.48. The Morgan fingerprint density at radius 2 is 2.17 bits per heavy atom. The van der Waals surface area contributed by atoms with Gasteiger partial charge in [0.05, 0.1) is 6.54 Å². The number of aromatic nitrogens is 2. The van der Waals surface area contributed by atoms with Crippen molar-refractivity contribution in [3.8, 4) is 0 Å². The summed E-state index contributed by atoms with van der Waals surface area (Å²) in [6.07, 6.45) is -0.524. The second-order valence-electron chi connectivity index (χ2n) is 5.74. The number of hydrogen-bond donors (Lipinski definition) is 1. The van der Waals surface area contributed by atoms with Crippen LogP contribution in [0.5, 0.6) is 0 Å². The summed E-state index contributed by atoms with van der Waals surface area (Å²) in [4.78, 5) is 11.5. The van der Waals surface area contributed by atoms with E-state index in [0.29, 0.717) is 21.9 Å². The fraction of sp³-hybridized carbons (Fsp3) is 0.400. The van der Waals surface area contributed by atoms with Crippen molar-refractivity contribution in [2.45, 2.75) is 43.9 Å². The average molecular weight is 356 g/mol. The van der Waals surface area contributed by atoms with E-state index in [1.165, 1.54) is 11.8 Å². The Morgan fingerprint density at radius 3 is 2.87 bits per heavy atom. The first-order chi connectivity index (χ1) is 10.8. The van der Waals surface area contributed by atoms with E-state index >= 15 is 0 Å². The summed E-state index contributed by atoms with van der Waals surface area (Å²) in [6, 6.07) is 7.57. The van der Waals surface area contributed by atoms with Gasteiger partial charge < -0.3 is 14.5 Å². The lowest BCUT2D eigenvalue weighted by atomic mass is 10.2. The molecular formula is C15H18ClN3O3S. The van der Waals surface area contributed by atoms with Crippen molar-refractivity contribution >= 4 is 29.5 Å². The highest BCUT2D eigenvalue weighted by Gasteiger charge is 2.16. The lowest BCUT2D eigenvalue weighted by Gasteiger charge is -2.19. The first-order valence-corrected chi connectivity index (χ1v) is 8.35. The molecule has 0 saturated heterocycles. The predicted molar refractivity (Wildman–Crippen MR) is 88.4 cm³/mol. The summed E-state index contributed by atoms with van der Waals surface area (Å²) in [5.74, 6) is 0.992. The van der Waals surface area contributed by atoms with Gasteiger partial charge in [-0.1, -0.05) is 35.5 Å². The SMILES string of the molecule is CC(C)(C)OC(=O)NCc1nnc(SCc2cccc(Cl)c2)o1. The van der Waals surface area contributed by atoms with E-state index in [9.17, 15) is 4.79 Å². The van der Waals surface area contributed by atoms with E-state index in [1.54, 1.807) is 20.8 Å². The zero-order valence-corrected chi connectivity index (χ0v) is 14.7. The van der Waals surface area contributed by atoms with Crippen LogP contribution in [0.3, 0.4) is 0 Å². The van der Waals surface area contributed by atoms with Gasteiger partial charge in [-0.2, -0.15) is 0 Å². The van der Waals surface area contributed by atoms with Gasteiger partial charge >= 0.3 is 6.09 Å². The highest BCUT2D eigenvalue weighted by molar-refractivity contribution is 7.98. The Morgan fingerprint density at radius 1 is 1.39 bits per heavy atom. The summed E-state index contributed by atoms with van der Waals surface area (Å²) >= 11 is 7.34. The molecule has 8 heteroatoms. The molecule has 2 rings (SSSR count). The Kier molecular flexibility index (Phi) is 5.90. The zero-order valence-electron chi connectivity index (χ0n) is 13.1. The number of amides is 1. The highest BCUT2D eigenvalue weighted by Crippen LogP contribution is 2.22. The molecule has 1 aromatic carbocycles. The Bertz CT molecular complexity index is 670. The van der Waals surface area contributed by atoms with Crippen LogP contribution in [0.1, 0.15) is 32.2 Å². The molecule has 1 N–H and O–H groups in total. The quantitative estimate of drug-likeness (QED) is 0.815. The number of nitrogens with one attached hydrogen (secondary N) is 1. The summed E-state index contributed by atoms with van der Waals surface area (Å²) in [5.41, 5.74) is 0.519. The molecule has 0 bridgehead atoms. The fourth-order valence-electron chi connectivity index (χ4n) is 1.60. The van der Waals surface area contributed by atoms with Crippen LogP contribution in [0.2, 0.25) is 5.02 Å². The molecule has 0 unspecified atom stereocenters. The number of benzene rings is 1. The molecule has 0 aliphatic rings. The van der Waals surface area contributed by atoms with Gasteiger partial charge in [0.15, 0.2) is 0 Å². The van der Waals surface area contributed by atoms with Crippen LogP contribution in [0, 0.1) is 0 Å². The number of alkyl carbamates (subject to hydrolysis) is 1. The molecule has 2 aromatic rings. The standard InChI is InChI=1S/C15H18ClN3O3S/c1-15(2,3)22-13(20)17-8-12-18-19-14(21-12)23-9-10-5-4-6-11(16)7-10/h4-7H,8-9H2,1-3H3,(H,17,20). The maximum atomic E-state index is 11.5. The molecule has 0 aliphatic carbocycles. The highest BCUT2D eigenvalue weighted by atomic mass is 35.5. The van der Waals surface area contributed by atoms with Crippen molar-refractivity contribution in [3.05, 3.63) is 40.7 Å². The van der Waals surface area contributed by atoms with Gasteiger partial charge in [0.2, 0.25) is 5.89 Å². The van der Waals surface area contributed by atoms with Crippen LogP contribution in [0.4, 0.5) is 4.79 Å². The smallest absolute Gasteiger partial charge is 0.408 e. The number of carbonyl (C=O) groups excluding carboxylic acids is 1. The second kappa shape index (κ2) is 7.70. The predicted octanol–water partition coefficient (Wildman–Crippen LogP) is 4.04. The van der Waals surface area contributed by atoms with Gasteiger partial charge in [0, 0.05) is 10.8 Å². The molecule has 0 saturated carbocycles. The van der Waals surface area contributed by atoms with Gasteiger partial charge in [-0.05, 0) is 38.5 Å². The molecule has 1 aromatic heterocycles. The number of halogens is 1. The van der Waals surface area contributed by atoms with E-state index in [0.717, 1.165) is 5.56 Å².